The second kappa shape index (κ2) is 9.01. The highest BCUT2D eigenvalue weighted by Gasteiger charge is 2.23. The minimum Gasteiger partial charge on any atom is -0.489 e. The number of rotatable bonds is 5. The lowest BCUT2D eigenvalue weighted by Crippen LogP contribution is -2.30. The third-order valence-electron chi connectivity index (χ3n) is 5.68. The molecule has 0 N–H and O–H groups in total. The third kappa shape index (κ3) is 4.18. The predicted molar refractivity (Wildman–Crippen MR) is 127 cm³/mol. The van der Waals surface area contributed by atoms with Gasteiger partial charge in [0.05, 0.1) is 13.2 Å². The van der Waals surface area contributed by atoms with Crippen molar-refractivity contribution in [3.63, 3.8) is 0 Å². The molecule has 5 rings (SSSR count). The van der Waals surface area contributed by atoms with E-state index in [-0.39, 0.29) is 5.91 Å². The van der Waals surface area contributed by atoms with Gasteiger partial charge in [-0.05, 0) is 41.3 Å². The van der Waals surface area contributed by atoms with Crippen LogP contribution in [0.25, 0.3) is 21.2 Å². The van der Waals surface area contributed by atoms with Crippen LogP contribution < -0.4 is 9.47 Å². The highest BCUT2D eigenvalue weighted by Crippen LogP contribution is 2.41. The van der Waals surface area contributed by atoms with Crippen molar-refractivity contribution >= 4 is 27.3 Å². The second-order valence-corrected chi connectivity index (χ2v) is 8.73. The Labute approximate surface area is 191 Å². The van der Waals surface area contributed by atoms with E-state index in [1.54, 1.807) is 24.5 Å². The van der Waals surface area contributed by atoms with Gasteiger partial charge in [-0.1, -0.05) is 24.3 Å². The number of aromatic nitrogens is 1. The summed E-state index contributed by atoms with van der Waals surface area (Å²) in [5.41, 5.74) is 4.20. The molecule has 1 amide bonds. The van der Waals surface area contributed by atoms with Gasteiger partial charge in [0.1, 0.15) is 6.61 Å². The number of ether oxygens (including phenoxy) is 2. The Balaban J connectivity index is 1.52. The molecule has 0 fully saturated rings. The highest BCUT2D eigenvalue weighted by atomic mass is 32.1. The zero-order valence-electron chi connectivity index (χ0n) is 17.9. The van der Waals surface area contributed by atoms with Crippen molar-refractivity contribution in [2.45, 2.75) is 19.9 Å². The van der Waals surface area contributed by atoms with Gasteiger partial charge < -0.3 is 14.4 Å². The lowest BCUT2D eigenvalue weighted by molar-refractivity contribution is -0.129. The summed E-state index contributed by atoms with van der Waals surface area (Å²) in [4.78, 5) is 18.3. The van der Waals surface area contributed by atoms with Gasteiger partial charge in [0.15, 0.2) is 11.5 Å². The van der Waals surface area contributed by atoms with Crippen molar-refractivity contribution in [3.8, 4) is 22.6 Å². The Kier molecular flexibility index (Phi) is 5.77. The van der Waals surface area contributed by atoms with Crippen molar-refractivity contribution in [1.29, 1.82) is 0 Å². The Hall–Kier alpha value is -3.38. The molecule has 6 heteroatoms. The first-order valence-electron chi connectivity index (χ1n) is 10.7. The summed E-state index contributed by atoms with van der Waals surface area (Å²) in [6.07, 6.45) is 2.50. The van der Waals surface area contributed by atoms with E-state index in [0.717, 1.165) is 22.6 Å². The number of hydrogen-bond acceptors (Lipinski definition) is 5. The van der Waals surface area contributed by atoms with Crippen LogP contribution in [0, 0.1) is 0 Å². The first kappa shape index (κ1) is 20.5. The van der Waals surface area contributed by atoms with Gasteiger partial charge in [0.25, 0.3) is 0 Å². The summed E-state index contributed by atoms with van der Waals surface area (Å²) >= 11 is 1.73. The first-order valence-corrected chi connectivity index (χ1v) is 11.6. The van der Waals surface area contributed by atoms with Gasteiger partial charge in [-0.2, -0.15) is 0 Å². The number of fused-ring (bicyclic) bond motifs is 2. The summed E-state index contributed by atoms with van der Waals surface area (Å²) in [5.74, 6) is 1.50. The fourth-order valence-electron chi connectivity index (χ4n) is 4.03. The van der Waals surface area contributed by atoms with Gasteiger partial charge in [-0.15, -0.1) is 11.3 Å². The Bertz CT molecular complexity index is 1250. The number of carbonyl (C=O) groups is 1. The van der Waals surface area contributed by atoms with Crippen LogP contribution in [0.15, 0.2) is 66.2 Å². The summed E-state index contributed by atoms with van der Waals surface area (Å²) < 4.78 is 13.6. The van der Waals surface area contributed by atoms with E-state index in [9.17, 15) is 4.79 Å². The maximum atomic E-state index is 12.1. The molecule has 1 aliphatic heterocycles. The fraction of sp³-hybridized carbons (Fsp3) is 0.231. The van der Waals surface area contributed by atoms with Crippen molar-refractivity contribution in [1.82, 2.24) is 9.88 Å². The van der Waals surface area contributed by atoms with Gasteiger partial charge in [-0.25, -0.2) is 0 Å². The summed E-state index contributed by atoms with van der Waals surface area (Å²) in [6.45, 7) is 3.62. The molecule has 2 aromatic carbocycles. The quantitative estimate of drug-likeness (QED) is 0.418. The van der Waals surface area contributed by atoms with E-state index in [2.05, 4.69) is 46.8 Å². The third-order valence-corrected chi connectivity index (χ3v) is 6.64. The molecule has 0 spiro atoms. The summed E-state index contributed by atoms with van der Waals surface area (Å²) in [6, 6.07) is 18.5. The Morgan fingerprint density at radius 2 is 2.06 bits per heavy atom. The van der Waals surface area contributed by atoms with E-state index in [1.807, 2.05) is 23.1 Å². The van der Waals surface area contributed by atoms with Gasteiger partial charge in [0, 0.05) is 53.0 Å². The molecule has 162 valence electrons. The molecule has 0 atom stereocenters. The van der Waals surface area contributed by atoms with Crippen LogP contribution in [0.4, 0.5) is 0 Å². The molecular formula is C26H24N2O3S. The smallest absolute Gasteiger partial charge is 0.219 e. The van der Waals surface area contributed by atoms with E-state index >= 15 is 0 Å². The SMILES string of the molecule is CC(=O)N1CCOc2c(cc(-c3csc4ccccc34)cc2OCCc2ccccn2)C1. The number of benzene rings is 2. The van der Waals surface area contributed by atoms with Crippen LogP contribution in [0.2, 0.25) is 0 Å². The molecule has 0 unspecified atom stereocenters. The largest absolute Gasteiger partial charge is 0.489 e. The normalized spacial score (nSPS) is 13.3. The average Bonchev–Trinajstić information content (AvgIpc) is 3.11. The molecular weight excluding hydrogens is 420 g/mol. The molecule has 0 bridgehead atoms. The van der Waals surface area contributed by atoms with Crippen LogP contribution in [0.5, 0.6) is 11.5 Å². The number of amides is 1. The molecule has 4 aromatic rings. The predicted octanol–water partition coefficient (Wildman–Crippen LogP) is 5.33. The second-order valence-electron chi connectivity index (χ2n) is 7.82. The van der Waals surface area contributed by atoms with Crippen LogP contribution in [0.1, 0.15) is 18.2 Å². The molecule has 0 radical (unpaired) electrons. The van der Waals surface area contributed by atoms with E-state index in [0.29, 0.717) is 38.5 Å². The molecule has 2 aromatic heterocycles. The molecule has 3 heterocycles. The zero-order valence-corrected chi connectivity index (χ0v) is 18.7. The Morgan fingerprint density at radius 1 is 1.19 bits per heavy atom. The van der Waals surface area contributed by atoms with Gasteiger partial charge in [-0.3, -0.25) is 9.78 Å². The van der Waals surface area contributed by atoms with E-state index in [1.165, 1.54) is 15.6 Å². The Morgan fingerprint density at radius 3 is 2.91 bits per heavy atom. The average molecular weight is 445 g/mol. The standard InChI is InChI=1S/C26H24N2O3S/c1-18(29)28-11-13-31-26-20(16-28)14-19(23-17-32-25-8-3-2-7-22(23)25)15-24(26)30-12-9-21-6-4-5-10-27-21/h2-8,10,14-15,17H,9,11-13,16H2,1H3. The fourth-order valence-corrected chi connectivity index (χ4v) is 5.00. The maximum Gasteiger partial charge on any atom is 0.219 e. The molecule has 1 aliphatic rings. The molecule has 0 saturated heterocycles. The van der Waals surface area contributed by atoms with Crippen LogP contribution in [-0.2, 0) is 17.8 Å². The number of carbonyl (C=O) groups excluding carboxylic acids is 1. The van der Waals surface area contributed by atoms with E-state index < -0.39 is 0 Å². The minimum absolute atomic E-state index is 0.0467. The van der Waals surface area contributed by atoms with Crippen LogP contribution >= 0.6 is 11.3 Å². The summed E-state index contributed by atoms with van der Waals surface area (Å²) in [7, 11) is 0. The van der Waals surface area contributed by atoms with Crippen LogP contribution in [0.3, 0.4) is 0 Å². The molecule has 0 aliphatic carbocycles. The number of pyridine rings is 1. The minimum atomic E-state index is 0.0467. The number of nitrogens with zero attached hydrogens (tertiary/aromatic N) is 2. The van der Waals surface area contributed by atoms with E-state index in [4.69, 9.17) is 9.47 Å². The molecule has 32 heavy (non-hydrogen) atoms. The lowest BCUT2D eigenvalue weighted by Gasteiger charge is -2.18. The van der Waals surface area contributed by atoms with Crippen molar-refractivity contribution in [3.05, 3.63) is 77.4 Å². The van der Waals surface area contributed by atoms with Crippen molar-refractivity contribution < 1.29 is 14.3 Å². The van der Waals surface area contributed by atoms with Crippen LogP contribution in [-0.4, -0.2) is 35.5 Å². The highest BCUT2D eigenvalue weighted by molar-refractivity contribution is 7.17. The monoisotopic (exact) mass is 444 g/mol. The maximum absolute atomic E-state index is 12.1. The van der Waals surface area contributed by atoms with Gasteiger partial charge >= 0.3 is 0 Å². The number of thiophene rings is 1. The first-order chi connectivity index (χ1) is 15.7. The molecule has 0 saturated carbocycles. The lowest BCUT2D eigenvalue weighted by atomic mass is 10.0. The molecule has 5 nitrogen and oxygen atoms in total. The van der Waals surface area contributed by atoms with Crippen molar-refractivity contribution in [2.24, 2.45) is 0 Å². The van der Waals surface area contributed by atoms with Gasteiger partial charge in [0.2, 0.25) is 5.91 Å². The summed E-state index contributed by atoms with van der Waals surface area (Å²) in [5, 5.41) is 3.40. The topological polar surface area (TPSA) is 51.7 Å². The van der Waals surface area contributed by atoms with Crippen molar-refractivity contribution in [2.75, 3.05) is 19.8 Å². The zero-order chi connectivity index (χ0) is 21.9. The number of hydrogen-bond donors (Lipinski definition) is 0.